The van der Waals surface area contributed by atoms with Crippen molar-refractivity contribution in [2.24, 2.45) is 11.3 Å². The van der Waals surface area contributed by atoms with Gasteiger partial charge in [-0.15, -0.1) is 0 Å². The molecule has 1 aliphatic rings. The molecule has 2 N–H and O–H groups in total. The number of amides is 4. The quantitative estimate of drug-likeness (QED) is 0.482. The van der Waals surface area contributed by atoms with Crippen LogP contribution in [0.3, 0.4) is 0 Å². The Bertz CT molecular complexity index is 362. The second-order valence-electron chi connectivity index (χ2n) is 4.06. The van der Waals surface area contributed by atoms with E-state index in [0.29, 0.717) is 4.48 Å². The molecular weight excluding hydrogens is 299 g/mol. The summed E-state index contributed by atoms with van der Waals surface area (Å²) in [4.78, 5) is 34.7. The molecule has 1 saturated heterocycles. The molecule has 0 bridgehead atoms. The Balaban J connectivity index is 0.00000256. The normalized spacial score (nSPS) is 18.2. The van der Waals surface area contributed by atoms with Crippen LogP contribution in [-0.4, -0.2) is 17.8 Å². The average molecular weight is 312 g/mol. The van der Waals surface area contributed by atoms with Crippen LogP contribution in [0.2, 0.25) is 0 Å². The molecule has 1 aliphatic heterocycles. The largest absolute Gasteiger partial charge is 1.00 e. The molecule has 88 valence electrons. The van der Waals surface area contributed by atoms with Crippen LogP contribution < -0.4 is 40.2 Å². The van der Waals surface area contributed by atoms with Crippen molar-refractivity contribution in [2.45, 2.75) is 20.3 Å². The molecule has 0 aliphatic carbocycles. The van der Waals surface area contributed by atoms with Gasteiger partial charge in [-0.05, 0) is 10.4 Å². The van der Waals surface area contributed by atoms with Crippen molar-refractivity contribution in [3.63, 3.8) is 0 Å². The number of hydrogen-bond donors (Lipinski definition) is 2. The minimum atomic E-state index is -1.27. The molecule has 0 aromatic heterocycles. The average Bonchev–Trinajstić information content (AvgIpc) is 2.10. The van der Waals surface area contributed by atoms with Gasteiger partial charge >= 0.3 is 35.6 Å². The van der Waals surface area contributed by atoms with E-state index in [1.54, 1.807) is 13.8 Å². The number of halogens is 1. The first-order chi connectivity index (χ1) is 7.30. The van der Waals surface area contributed by atoms with Gasteiger partial charge in [0.25, 0.3) is 0 Å². The van der Waals surface area contributed by atoms with Crippen molar-refractivity contribution < 1.29 is 43.9 Å². The van der Waals surface area contributed by atoms with Gasteiger partial charge in [0, 0.05) is 6.42 Å². The van der Waals surface area contributed by atoms with Gasteiger partial charge in [0.05, 0.1) is 0 Å². The third-order valence-electron chi connectivity index (χ3n) is 2.72. The predicted octanol–water partition coefficient (Wildman–Crippen LogP) is -1.70. The summed E-state index contributed by atoms with van der Waals surface area (Å²) in [6.45, 7) is 7.15. The van der Waals surface area contributed by atoms with Crippen molar-refractivity contribution in [3.8, 4) is 0 Å². The number of carbonyl (C=O) groups excluding carboxylic acids is 3. The number of allylic oxidation sites excluding steroid dienone is 1. The first kappa shape index (κ1) is 16.8. The maximum Gasteiger partial charge on any atom is 1.00 e. The van der Waals surface area contributed by atoms with Crippen LogP contribution in [0.4, 0.5) is 4.79 Å². The molecule has 4 amide bonds. The molecule has 17 heavy (non-hydrogen) atoms. The van der Waals surface area contributed by atoms with Gasteiger partial charge in [0.1, 0.15) is 5.41 Å². The Kier molecular flexibility index (Phi) is 6.07. The summed E-state index contributed by atoms with van der Waals surface area (Å²) < 4.78 is 0.542. The molecule has 1 heterocycles. The van der Waals surface area contributed by atoms with Gasteiger partial charge in [-0.1, -0.05) is 36.4 Å². The molecule has 0 spiro atoms. The van der Waals surface area contributed by atoms with E-state index in [2.05, 4.69) is 33.1 Å². The molecule has 0 saturated carbocycles. The van der Waals surface area contributed by atoms with Crippen LogP contribution in [0.5, 0.6) is 0 Å². The van der Waals surface area contributed by atoms with Gasteiger partial charge < -0.3 is 0 Å². The topological polar surface area (TPSA) is 75.3 Å². The third kappa shape index (κ3) is 3.19. The van der Waals surface area contributed by atoms with Crippen molar-refractivity contribution >= 4 is 33.8 Å². The van der Waals surface area contributed by atoms with Crippen molar-refractivity contribution in [1.29, 1.82) is 0 Å². The van der Waals surface area contributed by atoms with Gasteiger partial charge in [-0.2, -0.15) is 0 Å². The Morgan fingerprint density at radius 1 is 1.29 bits per heavy atom. The first-order valence-electron chi connectivity index (χ1n) is 4.81. The summed E-state index contributed by atoms with van der Waals surface area (Å²) in [5.41, 5.74) is -1.27. The monoisotopic (exact) mass is 311 g/mol. The smallest absolute Gasteiger partial charge is 0.277 e. The minimum Gasteiger partial charge on any atom is -0.277 e. The number of imide groups is 2. The second kappa shape index (κ2) is 6.13. The van der Waals surface area contributed by atoms with Crippen LogP contribution >= 0.6 is 15.9 Å². The number of urea groups is 1. The maximum atomic E-state index is 11.9. The summed E-state index contributed by atoms with van der Waals surface area (Å²) in [5, 5.41) is 4.23. The summed E-state index contributed by atoms with van der Waals surface area (Å²) in [7, 11) is 0. The van der Waals surface area contributed by atoms with E-state index in [-0.39, 0.29) is 41.9 Å². The van der Waals surface area contributed by atoms with E-state index >= 15 is 0 Å². The first-order valence-corrected chi connectivity index (χ1v) is 5.60. The number of barbiturate groups is 1. The standard InChI is InChI=1S/C10H13BrN2O3.Na/c1-5(2)10(4-6(3)11)7(14)12-9(16)13-8(10)15;/h5H,3-4H2,1-2H3,(H2,12,13,14,15,16);/q;+1. The zero-order valence-corrected chi connectivity index (χ0v) is 13.7. The van der Waals surface area contributed by atoms with Crippen molar-refractivity contribution in [2.75, 3.05) is 0 Å². The summed E-state index contributed by atoms with van der Waals surface area (Å²) in [6.07, 6.45) is 0.162. The Hall–Kier alpha value is -0.170. The molecule has 0 radical (unpaired) electrons. The van der Waals surface area contributed by atoms with Gasteiger partial charge in [0.15, 0.2) is 0 Å². The number of hydrogen-bond acceptors (Lipinski definition) is 3. The maximum absolute atomic E-state index is 11.9. The second-order valence-corrected chi connectivity index (χ2v) is 5.18. The fourth-order valence-corrected chi connectivity index (χ4v) is 2.20. The van der Waals surface area contributed by atoms with Crippen molar-refractivity contribution in [1.82, 2.24) is 10.6 Å². The molecule has 0 unspecified atom stereocenters. The van der Waals surface area contributed by atoms with Crippen LogP contribution in [0.15, 0.2) is 11.1 Å². The molecular formula is C10H13BrN2NaO3+. The van der Waals surface area contributed by atoms with Gasteiger partial charge in [0.2, 0.25) is 11.8 Å². The Morgan fingerprint density at radius 2 is 1.71 bits per heavy atom. The minimum absolute atomic E-state index is 0. The molecule has 5 nitrogen and oxygen atoms in total. The van der Waals surface area contributed by atoms with Gasteiger partial charge in [-0.25, -0.2) is 4.79 Å². The zero-order chi connectivity index (χ0) is 12.5. The number of nitrogens with one attached hydrogen (secondary N) is 2. The molecule has 1 rings (SSSR count). The van der Waals surface area contributed by atoms with Crippen LogP contribution in [0, 0.1) is 11.3 Å². The summed E-state index contributed by atoms with van der Waals surface area (Å²) in [6, 6.07) is -0.772. The predicted molar refractivity (Wildman–Crippen MR) is 61.6 cm³/mol. The molecule has 1 fully saturated rings. The molecule has 0 aromatic rings. The fraction of sp³-hybridized carbons (Fsp3) is 0.500. The molecule has 0 atom stereocenters. The molecule has 7 heteroatoms. The fourth-order valence-electron chi connectivity index (χ4n) is 1.76. The van der Waals surface area contributed by atoms with E-state index in [4.69, 9.17) is 0 Å². The van der Waals surface area contributed by atoms with Crippen LogP contribution in [-0.2, 0) is 9.59 Å². The van der Waals surface area contributed by atoms with Crippen LogP contribution in [0.25, 0.3) is 0 Å². The third-order valence-corrected chi connectivity index (χ3v) is 3.00. The SMILES string of the molecule is C=C(Br)CC1(C(C)C)C(=O)NC(=O)NC1=O.[Na+]. The van der Waals surface area contributed by atoms with Gasteiger partial charge in [-0.3, -0.25) is 20.2 Å². The van der Waals surface area contributed by atoms with E-state index in [1.807, 2.05) is 0 Å². The Labute approximate surface area is 130 Å². The number of carbonyl (C=O) groups is 3. The molecule has 0 aromatic carbocycles. The number of rotatable bonds is 3. The van der Waals surface area contributed by atoms with E-state index in [9.17, 15) is 14.4 Å². The van der Waals surface area contributed by atoms with E-state index in [0.717, 1.165) is 0 Å². The summed E-state index contributed by atoms with van der Waals surface area (Å²) in [5.74, 6) is -1.39. The Morgan fingerprint density at radius 3 is 2.00 bits per heavy atom. The van der Waals surface area contributed by atoms with E-state index < -0.39 is 23.3 Å². The van der Waals surface area contributed by atoms with Crippen LogP contribution in [0.1, 0.15) is 20.3 Å². The summed E-state index contributed by atoms with van der Waals surface area (Å²) >= 11 is 3.14. The van der Waals surface area contributed by atoms with E-state index in [1.165, 1.54) is 0 Å². The zero-order valence-electron chi connectivity index (χ0n) is 10.1. The van der Waals surface area contributed by atoms with Crippen molar-refractivity contribution in [3.05, 3.63) is 11.1 Å².